The summed E-state index contributed by atoms with van der Waals surface area (Å²) in [5.41, 5.74) is 0. The second kappa shape index (κ2) is 58.1. The van der Waals surface area contributed by atoms with Gasteiger partial charge < -0.3 is 28.6 Å². The Kier molecular flexibility index (Phi) is 56.7. The molecule has 7 nitrogen and oxygen atoms in total. The Morgan fingerprint density at radius 1 is 0.357 bits per heavy atom. The van der Waals surface area contributed by atoms with Gasteiger partial charge in [0.15, 0.2) is 12.6 Å². The molecule has 0 amide bonds. The highest BCUT2D eigenvalue weighted by molar-refractivity contribution is 5.69. The molecular formula is C63H119NO6. The van der Waals surface area contributed by atoms with Crippen LogP contribution < -0.4 is 0 Å². The van der Waals surface area contributed by atoms with Crippen molar-refractivity contribution in [3.05, 3.63) is 48.6 Å². The van der Waals surface area contributed by atoms with E-state index in [-0.39, 0.29) is 24.7 Å². The van der Waals surface area contributed by atoms with Crippen molar-refractivity contribution >= 4 is 5.97 Å². The van der Waals surface area contributed by atoms with Gasteiger partial charge in [-0.3, -0.25) is 4.79 Å². The minimum Gasteiger partial charge on any atom is -0.462 e. The molecule has 0 aromatic carbocycles. The van der Waals surface area contributed by atoms with Crippen LogP contribution in [-0.2, 0) is 28.5 Å². The number of hydrogen-bond donors (Lipinski definition) is 0. The zero-order valence-electron chi connectivity index (χ0n) is 47.6. The van der Waals surface area contributed by atoms with E-state index in [9.17, 15) is 4.79 Å². The summed E-state index contributed by atoms with van der Waals surface area (Å²) in [6.07, 6.45) is 65.2. The van der Waals surface area contributed by atoms with Gasteiger partial charge in [0.25, 0.3) is 0 Å². The lowest BCUT2D eigenvalue weighted by atomic mass is 10.0. The molecule has 412 valence electrons. The zero-order valence-corrected chi connectivity index (χ0v) is 47.6. The summed E-state index contributed by atoms with van der Waals surface area (Å²) in [5, 5.41) is 0. The molecule has 0 unspecified atom stereocenters. The average molecular weight is 987 g/mol. The summed E-state index contributed by atoms with van der Waals surface area (Å²) in [7, 11) is 4.13. The van der Waals surface area contributed by atoms with Crippen LogP contribution in [0, 0.1) is 0 Å². The third-order valence-corrected chi connectivity index (χ3v) is 13.3. The molecular weight excluding hydrogens is 867 g/mol. The number of unbranched alkanes of at least 4 members (excludes halogenated alkanes) is 28. The Hall–Kier alpha value is -1.77. The first kappa shape index (κ1) is 68.2. The summed E-state index contributed by atoms with van der Waals surface area (Å²) in [6.45, 7) is 12.5. The molecule has 0 saturated carbocycles. The van der Waals surface area contributed by atoms with Crippen LogP contribution in [0.5, 0.6) is 0 Å². The Morgan fingerprint density at radius 2 is 0.643 bits per heavy atom. The predicted molar refractivity (Wildman–Crippen MR) is 304 cm³/mol. The number of rotatable bonds is 57. The van der Waals surface area contributed by atoms with E-state index in [0.29, 0.717) is 32.8 Å². The lowest BCUT2D eigenvalue weighted by Crippen LogP contribution is -2.20. The van der Waals surface area contributed by atoms with Crippen molar-refractivity contribution < 1.29 is 28.5 Å². The second-order valence-corrected chi connectivity index (χ2v) is 20.6. The fourth-order valence-corrected chi connectivity index (χ4v) is 8.76. The van der Waals surface area contributed by atoms with Gasteiger partial charge in [0.2, 0.25) is 0 Å². The van der Waals surface area contributed by atoms with Crippen LogP contribution in [-0.4, -0.2) is 76.6 Å². The lowest BCUT2D eigenvalue weighted by Gasteiger charge is -2.19. The van der Waals surface area contributed by atoms with Crippen molar-refractivity contribution in [1.29, 1.82) is 0 Å². The van der Waals surface area contributed by atoms with Gasteiger partial charge in [-0.25, -0.2) is 0 Å². The number of carbonyl (C=O) groups excluding carboxylic acids is 1. The van der Waals surface area contributed by atoms with E-state index < -0.39 is 0 Å². The van der Waals surface area contributed by atoms with Crippen LogP contribution in [0.4, 0.5) is 0 Å². The van der Waals surface area contributed by atoms with Crippen molar-refractivity contribution in [1.82, 2.24) is 4.90 Å². The molecule has 0 aliphatic carbocycles. The predicted octanol–water partition coefficient (Wildman–Crippen LogP) is 19.1. The Labute approximate surface area is 436 Å². The van der Waals surface area contributed by atoms with E-state index in [1.54, 1.807) is 0 Å². The van der Waals surface area contributed by atoms with Crippen molar-refractivity contribution in [3.8, 4) is 0 Å². The van der Waals surface area contributed by atoms with Crippen LogP contribution in [0.3, 0.4) is 0 Å². The quantitative estimate of drug-likeness (QED) is 0.0260. The maximum Gasteiger partial charge on any atom is 0.306 e. The van der Waals surface area contributed by atoms with E-state index >= 15 is 0 Å². The highest BCUT2D eigenvalue weighted by Crippen LogP contribution is 2.20. The van der Waals surface area contributed by atoms with E-state index in [2.05, 4.69) is 95.3 Å². The van der Waals surface area contributed by atoms with Gasteiger partial charge in [0.1, 0.15) is 6.10 Å². The summed E-state index contributed by atoms with van der Waals surface area (Å²) < 4.78 is 30.9. The van der Waals surface area contributed by atoms with E-state index in [1.807, 2.05) is 0 Å². The standard InChI is InChI=1S/C63H119NO6/c1-7-11-15-19-29-37-45-56-66-62(67-57-46-38-30-20-16-12-8-2)53-43-35-27-23-25-33-41-50-60(70-61(65)52-49-55-64(5)6)51-42-34-26-24-28-36-44-54-63(68-58-47-39-31-21-17-13-9-3)69-59-48-40-32-22-18-14-10-4/h37-40,45-48,60,62-63H,7-36,41-44,49-59H2,1-6H3. The molecule has 0 aromatic heterocycles. The average Bonchev–Trinajstić information content (AvgIpc) is 3.35. The number of carbonyl (C=O) groups is 1. The first-order valence-corrected chi connectivity index (χ1v) is 30.4. The molecule has 0 aliphatic rings. The number of ether oxygens (including phenoxy) is 5. The minimum atomic E-state index is -0.134. The molecule has 0 radical (unpaired) electrons. The van der Waals surface area contributed by atoms with Gasteiger partial charge in [-0.15, -0.1) is 0 Å². The van der Waals surface area contributed by atoms with E-state index in [4.69, 9.17) is 23.7 Å². The molecule has 0 bridgehead atoms. The molecule has 0 atom stereocenters. The van der Waals surface area contributed by atoms with Crippen molar-refractivity contribution in [3.63, 3.8) is 0 Å². The minimum absolute atomic E-state index is 0.0156. The van der Waals surface area contributed by atoms with Crippen LogP contribution in [0.1, 0.15) is 285 Å². The molecule has 0 rings (SSSR count). The first-order chi connectivity index (χ1) is 34.5. The number of hydrogen-bond acceptors (Lipinski definition) is 7. The molecule has 7 heteroatoms. The zero-order chi connectivity index (χ0) is 50.9. The summed E-state index contributed by atoms with van der Waals surface area (Å²) in [5.74, 6) is -0.0156. The summed E-state index contributed by atoms with van der Waals surface area (Å²) in [4.78, 5) is 15.0. The molecule has 0 N–H and O–H groups in total. The summed E-state index contributed by atoms with van der Waals surface area (Å²) in [6, 6.07) is 0. The monoisotopic (exact) mass is 986 g/mol. The van der Waals surface area contributed by atoms with E-state index in [1.165, 1.54) is 167 Å². The molecule has 0 saturated heterocycles. The van der Waals surface area contributed by atoms with Crippen molar-refractivity contribution in [2.24, 2.45) is 0 Å². The second-order valence-electron chi connectivity index (χ2n) is 20.6. The van der Waals surface area contributed by atoms with E-state index in [0.717, 1.165) is 90.0 Å². The number of nitrogens with zero attached hydrogens (tertiary/aromatic N) is 1. The lowest BCUT2D eigenvalue weighted by molar-refractivity contribution is -0.150. The molecule has 0 fully saturated rings. The van der Waals surface area contributed by atoms with Gasteiger partial charge in [0.05, 0.1) is 26.4 Å². The highest BCUT2D eigenvalue weighted by Gasteiger charge is 2.15. The molecule has 0 spiro atoms. The number of esters is 1. The Balaban J connectivity index is 4.65. The maximum atomic E-state index is 12.8. The smallest absolute Gasteiger partial charge is 0.306 e. The number of allylic oxidation sites excluding steroid dienone is 4. The molecule has 0 aromatic rings. The largest absolute Gasteiger partial charge is 0.462 e. The fourth-order valence-electron chi connectivity index (χ4n) is 8.76. The van der Waals surface area contributed by atoms with Gasteiger partial charge >= 0.3 is 5.97 Å². The third-order valence-electron chi connectivity index (χ3n) is 13.3. The van der Waals surface area contributed by atoms with Crippen LogP contribution >= 0.6 is 0 Å². The maximum absolute atomic E-state index is 12.8. The van der Waals surface area contributed by atoms with Gasteiger partial charge in [0, 0.05) is 6.42 Å². The van der Waals surface area contributed by atoms with Gasteiger partial charge in [-0.05, 0) is 130 Å². The fraction of sp³-hybridized carbons (Fsp3) is 0.857. The van der Waals surface area contributed by atoms with Crippen molar-refractivity contribution in [2.45, 2.75) is 303 Å². The summed E-state index contributed by atoms with van der Waals surface area (Å²) >= 11 is 0. The van der Waals surface area contributed by atoms with Gasteiger partial charge in [-0.1, -0.05) is 218 Å². The SMILES string of the molecule is CCCCCCC=CCOC(CCCCCCCCCC(CCCCCCCCCC(OCC=CCCCCCC)OCC=CCCCCCC)OC(=O)CCCN(C)C)OCC=CCCCCCC. The molecule has 70 heavy (non-hydrogen) atoms. The van der Waals surface area contributed by atoms with Crippen LogP contribution in [0.2, 0.25) is 0 Å². The first-order valence-electron chi connectivity index (χ1n) is 30.4. The van der Waals surface area contributed by atoms with Gasteiger partial charge in [-0.2, -0.15) is 0 Å². The van der Waals surface area contributed by atoms with Crippen LogP contribution in [0.25, 0.3) is 0 Å². The van der Waals surface area contributed by atoms with Crippen molar-refractivity contribution in [2.75, 3.05) is 47.1 Å². The Morgan fingerprint density at radius 3 is 0.943 bits per heavy atom. The molecule has 0 aliphatic heterocycles. The Bertz CT molecular complexity index is 1030. The molecule has 0 heterocycles. The topological polar surface area (TPSA) is 66.5 Å². The highest BCUT2D eigenvalue weighted by atomic mass is 16.7. The normalized spacial score (nSPS) is 13.6. The third kappa shape index (κ3) is 54.0. The van der Waals surface area contributed by atoms with Crippen LogP contribution in [0.15, 0.2) is 48.6 Å².